The number of benzene rings is 4. The number of aromatic hydroxyl groups is 3. The summed E-state index contributed by atoms with van der Waals surface area (Å²) in [6.45, 7) is 1.83. The Morgan fingerprint density at radius 2 is 1.05 bits per heavy atom. The number of nitrogens with zero attached hydrogens (tertiary/aromatic N) is 6. The average molecular weight is 513 g/mol. The van der Waals surface area contributed by atoms with E-state index >= 15 is 0 Å². The van der Waals surface area contributed by atoms with Crippen LogP contribution in [0.2, 0.25) is 0 Å². The van der Waals surface area contributed by atoms with Crippen LogP contribution in [0, 0.1) is 6.92 Å². The van der Waals surface area contributed by atoms with Crippen LogP contribution >= 0.6 is 0 Å². The lowest BCUT2D eigenvalue weighted by Gasteiger charge is -2.24. The van der Waals surface area contributed by atoms with Crippen molar-refractivity contribution in [3.63, 3.8) is 0 Å². The molecule has 0 saturated carbocycles. The molecule has 1 spiro atoms. The molecule has 0 radical (unpaired) electrons. The molecule has 0 bridgehead atoms. The van der Waals surface area contributed by atoms with Gasteiger partial charge < -0.3 is 15.3 Å². The van der Waals surface area contributed by atoms with E-state index in [-0.39, 0.29) is 17.2 Å². The van der Waals surface area contributed by atoms with E-state index < -0.39 is 5.41 Å². The summed E-state index contributed by atoms with van der Waals surface area (Å²) in [4.78, 5) is 5.68. The van der Waals surface area contributed by atoms with Crippen molar-refractivity contribution in [2.24, 2.45) is 10.2 Å². The number of fused-ring (bicyclic) bond motifs is 4. The first kappa shape index (κ1) is 23.8. The molecular formula is C30H20N6O3. The number of hydrogen-bond donors (Lipinski definition) is 3. The monoisotopic (exact) mass is 512 g/mol. The van der Waals surface area contributed by atoms with Crippen molar-refractivity contribution in [2.75, 3.05) is 0 Å². The Balaban J connectivity index is 1.64. The molecule has 188 valence electrons. The average Bonchev–Trinajstić information content (AvgIpc) is 3.41. The Hall–Kier alpha value is -5.62. The van der Waals surface area contributed by atoms with Gasteiger partial charge in [-0.1, -0.05) is 77.0 Å². The fraction of sp³-hybridized carbons (Fsp3) is 0.0667. The van der Waals surface area contributed by atoms with Crippen LogP contribution in [-0.2, 0) is 5.41 Å². The van der Waals surface area contributed by atoms with E-state index in [2.05, 4.69) is 32.2 Å². The van der Waals surface area contributed by atoms with E-state index in [4.69, 9.17) is 11.1 Å². The van der Waals surface area contributed by atoms with Gasteiger partial charge in [0, 0.05) is 21.2 Å². The van der Waals surface area contributed by atoms with Gasteiger partial charge in [-0.25, -0.2) is 0 Å². The molecule has 0 aliphatic heterocycles. The second kappa shape index (κ2) is 8.75. The third kappa shape index (κ3) is 3.66. The number of aryl methyl sites for hydroxylation is 1. The highest BCUT2D eigenvalue weighted by Gasteiger charge is 2.45. The van der Waals surface area contributed by atoms with Crippen LogP contribution in [0.4, 0.5) is 11.4 Å². The van der Waals surface area contributed by atoms with Gasteiger partial charge >= 0.3 is 0 Å². The first-order valence-electron chi connectivity index (χ1n) is 12.0. The Morgan fingerprint density at radius 1 is 0.615 bits per heavy atom. The number of azide groups is 2. The molecule has 4 aromatic carbocycles. The van der Waals surface area contributed by atoms with Gasteiger partial charge in [-0.15, -0.1) is 0 Å². The molecular weight excluding hydrogens is 492 g/mol. The molecule has 0 amide bonds. The van der Waals surface area contributed by atoms with Gasteiger partial charge in [0.05, 0.1) is 5.41 Å². The van der Waals surface area contributed by atoms with Crippen molar-refractivity contribution in [3.8, 4) is 17.2 Å². The Bertz CT molecular complexity index is 1710. The summed E-state index contributed by atoms with van der Waals surface area (Å²) in [5.41, 5.74) is 25.1. The topological polar surface area (TPSA) is 158 Å². The number of hydrogen-bond acceptors (Lipinski definition) is 5. The fourth-order valence-corrected chi connectivity index (χ4v) is 5.51. The smallest absolute Gasteiger partial charge is 0.158 e. The van der Waals surface area contributed by atoms with E-state index in [9.17, 15) is 15.3 Å². The zero-order valence-corrected chi connectivity index (χ0v) is 20.6. The van der Waals surface area contributed by atoms with Crippen molar-refractivity contribution in [1.29, 1.82) is 0 Å². The predicted molar refractivity (Wildman–Crippen MR) is 148 cm³/mol. The van der Waals surface area contributed by atoms with Crippen LogP contribution in [0.5, 0.6) is 17.2 Å². The largest absolute Gasteiger partial charge is 0.508 e. The van der Waals surface area contributed by atoms with Crippen LogP contribution in [-0.4, -0.2) is 15.3 Å². The third-order valence-electron chi connectivity index (χ3n) is 7.34. The van der Waals surface area contributed by atoms with E-state index in [0.29, 0.717) is 16.9 Å². The zero-order valence-electron chi connectivity index (χ0n) is 20.6. The highest BCUT2D eigenvalue weighted by atomic mass is 16.3. The molecule has 1 unspecified atom stereocenters. The fourth-order valence-electron chi connectivity index (χ4n) is 5.51. The number of phenols is 3. The summed E-state index contributed by atoms with van der Waals surface area (Å²) in [7, 11) is 0. The summed E-state index contributed by atoms with van der Waals surface area (Å²) in [5.74, 6) is -0.313. The maximum Gasteiger partial charge on any atom is 0.158 e. The molecule has 0 heterocycles. The third-order valence-corrected chi connectivity index (χ3v) is 7.34. The molecule has 4 aromatic rings. The standard InChI is InChI=1S/C30H20N6O3/c1-16-10-25-21(11-27(16)37)23(17-2-6-19(7-3-17)33-35-31)14-30(25)15-24(18-4-8-20(9-5-18)34-36-32)22-12-28(38)29(39)13-26(22)30/h2-15,37-39H,1H3. The van der Waals surface area contributed by atoms with Gasteiger partial charge in [0.1, 0.15) is 5.75 Å². The SMILES string of the molecule is Cc1cc2c(cc1O)C(c1ccc(N=[N+]=[N-])cc1)=CC21C=C(c2ccc(N=[N+]=[N-])cc2)c2cc(O)c(O)cc21. The first-order valence-corrected chi connectivity index (χ1v) is 12.0. The van der Waals surface area contributed by atoms with Crippen LogP contribution in [0.1, 0.15) is 38.9 Å². The molecule has 2 aliphatic rings. The maximum atomic E-state index is 10.7. The van der Waals surface area contributed by atoms with Crippen molar-refractivity contribution >= 4 is 22.5 Å². The lowest BCUT2D eigenvalue weighted by Crippen LogP contribution is -2.18. The van der Waals surface area contributed by atoms with Gasteiger partial charge in [0.25, 0.3) is 0 Å². The zero-order chi connectivity index (χ0) is 27.3. The molecule has 9 nitrogen and oxygen atoms in total. The van der Waals surface area contributed by atoms with E-state index in [1.807, 2.05) is 37.3 Å². The van der Waals surface area contributed by atoms with Gasteiger partial charge in [-0.3, -0.25) is 0 Å². The quantitative estimate of drug-likeness (QED) is 0.109. The molecule has 1 atom stereocenters. The molecule has 9 heteroatoms. The van der Waals surface area contributed by atoms with Gasteiger partial charge in [0.2, 0.25) is 0 Å². The summed E-state index contributed by atoms with van der Waals surface area (Å²) in [6, 6.07) is 21.1. The normalized spacial score (nSPS) is 16.5. The van der Waals surface area contributed by atoms with Crippen molar-refractivity contribution < 1.29 is 15.3 Å². The maximum absolute atomic E-state index is 10.7. The number of phenolic OH excluding ortho intramolecular Hbond substituents is 3. The van der Waals surface area contributed by atoms with Crippen molar-refractivity contribution in [1.82, 2.24) is 0 Å². The van der Waals surface area contributed by atoms with Gasteiger partial charge in [-0.05, 0) is 86.3 Å². The highest BCUT2D eigenvalue weighted by Crippen LogP contribution is 2.57. The van der Waals surface area contributed by atoms with Crippen LogP contribution in [0.15, 0.2) is 95.2 Å². The summed E-state index contributed by atoms with van der Waals surface area (Å²) in [5, 5.41) is 39.0. The van der Waals surface area contributed by atoms with Crippen LogP contribution in [0.3, 0.4) is 0 Å². The number of rotatable bonds is 4. The second-order valence-electron chi connectivity index (χ2n) is 9.53. The molecule has 0 aromatic heterocycles. The predicted octanol–water partition coefficient (Wildman–Crippen LogP) is 8.17. The van der Waals surface area contributed by atoms with Crippen LogP contribution in [0.25, 0.3) is 32.0 Å². The second-order valence-corrected chi connectivity index (χ2v) is 9.53. The highest BCUT2D eigenvalue weighted by molar-refractivity contribution is 5.97. The molecule has 0 saturated heterocycles. The van der Waals surface area contributed by atoms with Gasteiger partial charge in [-0.2, -0.15) is 0 Å². The van der Waals surface area contributed by atoms with E-state index in [1.165, 1.54) is 0 Å². The summed E-state index contributed by atoms with van der Waals surface area (Å²) in [6.07, 6.45) is 4.19. The van der Waals surface area contributed by atoms with Crippen molar-refractivity contribution in [3.05, 3.63) is 145 Å². The molecule has 0 fully saturated rings. The van der Waals surface area contributed by atoms with Gasteiger partial charge in [0.15, 0.2) is 11.5 Å². The first-order chi connectivity index (χ1) is 18.8. The van der Waals surface area contributed by atoms with Crippen LogP contribution < -0.4 is 0 Å². The lowest BCUT2D eigenvalue weighted by atomic mass is 9.77. The molecule has 6 rings (SSSR count). The van der Waals surface area contributed by atoms with E-state index in [1.54, 1.807) is 42.5 Å². The summed E-state index contributed by atoms with van der Waals surface area (Å²) < 4.78 is 0. The van der Waals surface area contributed by atoms with Crippen molar-refractivity contribution in [2.45, 2.75) is 12.3 Å². The lowest BCUT2D eigenvalue weighted by molar-refractivity contribution is 0.402. The number of allylic oxidation sites excluding steroid dienone is 2. The molecule has 39 heavy (non-hydrogen) atoms. The minimum absolute atomic E-state index is 0.159. The Morgan fingerprint density at radius 3 is 1.54 bits per heavy atom. The molecule has 3 N–H and O–H groups in total. The Kier molecular flexibility index (Phi) is 5.33. The minimum atomic E-state index is -0.814. The minimum Gasteiger partial charge on any atom is -0.508 e. The Labute approximate surface area is 222 Å². The molecule has 2 aliphatic carbocycles. The summed E-state index contributed by atoms with van der Waals surface area (Å²) >= 11 is 0. The van der Waals surface area contributed by atoms with E-state index in [0.717, 1.165) is 44.5 Å².